The van der Waals surface area contributed by atoms with E-state index in [2.05, 4.69) is 0 Å². The molecule has 2 atom stereocenters. The van der Waals surface area contributed by atoms with Crippen molar-refractivity contribution in [3.63, 3.8) is 0 Å². The van der Waals surface area contributed by atoms with Gasteiger partial charge in [-0.25, -0.2) is 0 Å². The van der Waals surface area contributed by atoms with Crippen LogP contribution in [0.25, 0.3) is 0 Å². The molecule has 1 saturated carbocycles. The van der Waals surface area contributed by atoms with Crippen LogP contribution in [-0.2, 0) is 20.9 Å². The number of methoxy groups -OCH3 is 2. The van der Waals surface area contributed by atoms with Crippen molar-refractivity contribution in [1.29, 1.82) is 0 Å². The summed E-state index contributed by atoms with van der Waals surface area (Å²) in [7, 11) is 3.24. The highest BCUT2D eigenvalue weighted by atomic mass is 16.6. The van der Waals surface area contributed by atoms with Crippen LogP contribution in [0.15, 0.2) is 18.2 Å². The minimum absolute atomic E-state index is 0.0213. The summed E-state index contributed by atoms with van der Waals surface area (Å²) >= 11 is 0. The van der Waals surface area contributed by atoms with Gasteiger partial charge in [0.25, 0.3) is 0 Å². The summed E-state index contributed by atoms with van der Waals surface area (Å²) in [5, 5.41) is 0. The van der Waals surface area contributed by atoms with Gasteiger partial charge >= 0.3 is 5.97 Å². The molecule has 0 amide bonds. The van der Waals surface area contributed by atoms with Gasteiger partial charge in [-0.15, -0.1) is 0 Å². The van der Waals surface area contributed by atoms with Crippen LogP contribution in [0, 0.1) is 11.8 Å². The molecule has 0 saturated heterocycles. The molecular formula is C18H26O5. The molecular weight excluding hydrogens is 296 g/mol. The van der Waals surface area contributed by atoms with E-state index in [1.165, 1.54) is 0 Å². The standard InChI is InChI=1S/C18H26O5/c1-18(2,3)23-17(19)15-8-13(15)11-22-10-12-6-7-14(20-4)9-16(12)21-5/h6-7,9,13,15H,8,10-11H2,1-5H3. The fourth-order valence-electron chi connectivity index (χ4n) is 2.39. The minimum atomic E-state index is -0.429. The normalized spacial score (nSPS) is 20.0. The molecule has 1 fully saturated rings. The average Bonchev–Trinajstić information content (AvgIpc) is 3.25. The number of benzene rings is 1. The lowest BCUT2D eigenvalue weighted by Gasteiger charge is -2.19. The molecule has 1 aromatic rings. The predicted molar refractivity (Wildman–Crippen MR) is 86.6 cm³/mol. The number of carbonyl (C=O) groups is 1. The molecule has 0 aliphatic heterocycles. The van der Waals surface area contributed by atoms with Crippen LogP contribution in [0.1, 0.15) is 32.8 Å². The first-order chi connectivity index (χ1) is 10.8. The van der Waals surface area contributed by atoms with Crippen molar-refractivity contribution in [2.75, 3.05) is 20.8 Å². The number of hydrogen-bond acceptors (Lipinski definition) is 5. The van der Waals surface area contributed by atoms with E-state index in [0.717, 1.165) is 23.5 Å². The van der Waals surface area contributed by atoms with E-state index in [1.54, 1.807) is 14.2 Å². The van der Waals surface area contributed by atoms with E-state index in [1.807, 2.05) is 39.0 Å². The zero-order valence-corrected chi connectivity index (χ0v) is 14.5. The third-order valence-electron chi connectivity index (χ3n) is 3.72. The first-order valence-corrected chi connectivity index (χ1v) is 7.85. The van der Waals surface area contributed by atoms with E-state index >= 15 is 0 Å². The fourth-order valence-corrected chi connectivity index (χ4v) is 2.39. The van der Waals surface area contributed by atoms with Crippen LogP contribution in [0.5, 0.6) is 11.5 Å². The summed E-state index contributed by atoms with van der Waals surface area (Å²) in [4.78, 5) is 11.9. The second-order valence-corrected chi connectivity index (χ2v) is 6.83. The van der Waals surface area contributed by atoms with E-state index in [0.29, 0.717) is 13.2 Å². The third kappa shape index (κ3) is 5.13. The molecule has 0 bridgehead atoms. The molecule has 1 aliphatic rings. The highest BCUT2D eigenvalue weighted by molar-refractivity contribution is 5.76. The van der Waals surface area contributed by atoms with Gasteiger partial charge in [0, 0.05) is 11.6 Å². The molecule has 1 aromatic carbocycles. The van der Waals surface area contributed by atoms with Crippen molar-refractivity contribution in [1.82, 2.24) is 0 Å². The number of hydrogen-bond donors (Lipinski definition) is 0. The second kappa shape index (κ2) is 7.21. The number of ether oxygens (including phenoxy) is 4. The number of rotatable bonds is 7. The predicted octanol–water partition coefficient (Wildman–Crippen LogP) is 3.20. The molecule has 0 radical (unpaired) electrons. The Morgan fingerprint density at radius 1 is 1.22 bits per heavy atom. The Labute approximate surface area is 137 Å². The molecule has 23 heavy (non-hydrogen) atoms. The maximum atomic E-state index is 11.9. The van der Waals surface area contributed by atoms with Gasteiger partial charge in [0.05, 0.1) is 33.4 Å². The molecule has 0 N–H and O–H groups in total. The molecule has 128 valence electrons. The lowest BCUT2D eigenvalue weighted by Crippen LogP contribution is -2.25. The highest BCUT2D eigenvalue weighted by Crippen LogP contribution is 2.40. The molecule has 0 heterocycles. The summed E-state index contributed by atoms with van der Waals surface area (Å²) in [5.41, 5.74) is 0.532. The monoisotopic (exact) mass is 322 g/mol. The second-order valence-electron chi connectivity index (χ2n) is 6.83. The third-order valence-corrected chi connectivity index (χ3v) is 3.72. The van der Waals surface area contributed by atoms with Crippen molar-refractivity contribution < 1.29 is 23.7 Å². The Hall–Kier alpha value is -1.75. The largest absolute Gasteiger partial charge is 0.497 e. The van der Waals surface area contributed by atoms with Gasteiger partial charge in [-0.1, -0.05) is 0 Å². The Morgan fingerprint density at radius 3 is 2.57 bits per heavy atom. The van der Waals surface area contributed by atoms with Crippen molar-refractivity contribution >= 4 is 5.97 Å². The van der Waals surface area contributed by atoms with Gasteiger partial charge in [0.2, 0.25) is 0 Å². The van der Waals surface area contributed by atoms with Crippen molar-refractivity contribution in [3.8, 4) is 11.5 Å². The van der Waals surface area contributed by atoms with Crippen molar-refractivity contribution in [2.45, 2.75) is 39.4 Å². The minimum Gasteiger partial charge on any atom is -0.497 e. The Morgan fingerprint density at radius 2 is 1.96 bits per heavy atom. The number of carbonyl (C=O) groups excluding carboxylic acids is 1. The van der Waals surface area contributed by atoms with Gasteiger partial charge in [-0.2, -0.15) is 0 Å². The maximum absolute atomic E-state index is 11.9. The first kappa shape index (κ1) is 17.6. The zero-order valence-electron chi connectivity index (χ0n) is 14.5. The molecule has 5 heteroatoms. The SMILES string of the molecule is COc1ccc(COCC2CC2C(=O)OC(C)(C)C)c(OC)c1. The molecule has 2 rings (SSSR count). The topological polar surface area (TPSA) is 54.0 Å². The summed E-state index contributed by atoms with van der Waals surface area (Å²) in [6.45, 7) is 6.65. The lowest BCUT2D eigenvalue weighted by molar-refractivity contribution is -0.157. The highest BCUT2D eigenvalue weighted by Gasteiger charge is 2.45. The Kier molecular flexibility index (Phi) is 5.52. The summed E-state index contributed by atoms with van der Waals surface area (Å²) < 4.78 is 21.6. The van der Waals surface area contributed by atoms with Crippen molar-refractivity contribution in [2.24, 2.45) is 11.8 Å². The van der Waals surface area contributed by atoms with Crippen LogP contribution < -0.4 is 9.47 Å². The first-order valence-electron chi connectivity index (χ1n) is 7.85. The van der Waals surface area contributed by atoms with Crippen LogP contribution in [0.4, 0.5) is 0 Å². The van der Waals surface area contributed by atoms with Gasteiger partial charge in [-0.3, -0.25) is 4.79 Å². The Balaban J connectivity index is 1.78. The van der Waals surface area contributed by atoms with Gasteiger partial charge in [-0.05, 0) is 45.2 Å². The smallest absolute Gasteiger partial charge is 0.309 e. The van der Waals surface area contributed by atoms with Gasteiger partial charge < -0.3 is 18.9 Å². The summed E-state index contributed by atoms with van der Waals surface area (Å²) in [6.07, 6.45) is 0.842. The fraction of sp³-hybridized carbons (Fsp3) is 0.611. The van der Waals surface area contributed by atoms with Crippen LogP contribution >= 0.6 is 0 Å². The zero-order chi connectivity index (χ0) is 17.0. The molecule has 1 aliphatic carbocycles. The Bertz CT molecular complexity index is 547. The molecule has 2 unspecified atom stereocenters. The molecule has 5 nitrogen and oxygen atoms in total. The van der Waals surface area contributed by atoms with Crippen LogP contribution in [-0.4, -0.2) is 32.4 Å². The maximum Gasteiger partial charge on any atom is 0.309 e. The van der Waals surface area contributed by atoms with Crippen molar-refractivity contribution in [3.05, 3.63) is 23.8 Å². The summed E-state index contributed by atoms with van der Waals surface area (Å²) in [5.74, 6) is 1.61. The van der Waals surface area contributed by atoms with Crippen LogP contribution in [0.3, 0.4) is 0 Å². The van der Waals surface area contributed by atoms with Gasteiger partial charge in [0.1, 0.15) is 17.1 Å². The van der Waals surface area contributed by atoms with E-state index in [9.17, 15) is 4.79 Å². The van der Waals surface area contributed by atoms with E-state index in [-0.39, 0.29) is 17.8 Å². The lowest BCUT2D eigenvalue weighted by atomic mass is 10.2. The average molecular weight is 322 g/mol. The summed E-state index contributed by atoms with van der Waals surface area (Å²) in [6, 6.07) is 5.64. The van der Waals surface area contributed by atoms with Crippen LogP contribution in [0.2, 0.25) is 0 Å². The molecule has 0 aromatic heterocycles. The van der Waals surface area contributed by atoms with E-state index in [4.69, 9.17) is 18.9 Å². The van der Waals surface area contributed by atoms with Gasteiger partial charge in [0.15, 0.2) is 0 Å². The quantitative estimate of drug-likeness (QED) is 0.722. The molecule has 0 spiro atoms. The van der Waals surface area contributed by atoms with E-state index < -0.39 is 5.60 Å². The number of esters is 1.